The van der Waals surface area contributed by atoms with E-state index in [9.17, 15) is 0 Å². The van der Waals surface area contributed by atoms with Gasteiger partial charge in [-0.1, -0.05) is 36.4 Å². The molecule has 4 heterocycles. The Bertz CT molecular complexity index is 1200. The lowest BCUT2D eigenvalue weighted by Crippen LogP contribution is -2.01. The summed E-state index contributed by atoms with van der Waals surface area (Å²) < 4.78 is 0. The molecule has 0 fully saturated rings. The number of nitrogens with zero attached hydrogens (tertiary/aromatic N) is 6. The van der Waals surface area contributed by atoms with E-state index < -0.39 is 0 Å². The number of hydrogen-bond acceptors (Lipinski definition) is 6. The molecule has 5 rings (SSSR count). The molecule has 4 aromatic heterocycles. The first-order valence-electron chi connectivity index (χ1n) is 9.45. The van der Waals surface area contributed by atoms with Crippen molar-refractivity contribution in [1.82, 2.24) is 29.9 Å². The summed E-state index contributed by atoms with van der Waals surface area (Å²) in [4.78, 5) is 26.7. The van der Waals surface area contributed by atoms with E-state index in [1.54, 1.807) is 24.8 Å². The zero-order valence-corrected chi connectivity index (χ0v) is 15.9. The molecule has 0 N–H and O–H groups in total. The van der Waals surface area contributed by atoms with Gasteiger partial charge in [-0.25, -0.2) is 15.0 Å². The molecule has 0 saturated carbocycles. The third-order valence-electron chi connectivity index (χ3n) is 4.61. The average molecular weight is 388 g/mol. The monoisotopic (exact) mass is 388 g/mol. The Morgan fingerprint density at radius 3 is 1.80 bits per heavy atom. The maximum absolute atomic E-state index is 4.71. The first kappa shape index (κ1) is 17.8. The minimum atomic E-state index is 0.531. The standard InChI is InChI=1S/C24H16N6/c1-2-13-27-21(5-1)24-29-22(28-23(30-24)19-10-14-25-15-11-19)18-8-6-17(7-9-18)20-4-3-12-26-16-20/h1-16H. The van der Waals surface area contributed by atoms with E-state index in [0.29, 0.717) is 23.2 Å². The second-order valence-corrected chi connectivity index (χ2v) is 6.58. The quantitative estimate of drug-likeness (QED) is 0.443. The van der Waals surface area contributed by atoms with Gasteiger partial charge in [0.2, 0.25) is 0 Å². The van der Waals surface area contributed by atoms with Gasteiger partial charge < -0.3 is 0 Å². The van der Waals surface area contributed by atoms with Crippen molar-refractivity contribution in [2.75, 3.05) is 0 Å². The van der Waals surface area contributed by atoms with Crippen LogP contribution < -0.4 is 0 Å². The number of benzene rings is 1. The van der Waals surface area contributed by atoms with Crippen LogP contribution in [0, 0.1) is 0 Å². The number of rotatable bonds is 4. The van der Waals surface area contributed by atoms with Crippen LogP contribution in [0.1, 0.15) is 0 Å². The summed E-state index contributed by atoms with van der Waals surface area (Å²) in [7, 11) is 0. The Morgan fingerprint density at radius 2 is 1.13 bits per heavy atom. The van der Waals surface area contributed by atoms with Crippen molar-refractivity contribution in [3.8, 4) is 45.4 Å². The predicted molar refractivity (Wildman–Crippen MR) is 115 cm³/mol. The Hall–Kier alpha value is -4.32. The molecule has 6 heteroatoms. The highest BCUT2D eigenvalue weighted by Gasteiger charge is 2.12. The summed E-state index contributed by atoms with van der Waals surface area (Å²) in [5.74, 6) is 1.71. The van der Waals surface area contributed by atoms with E-state index in [4.69, 9.17) is 4.98 Å². The minimum absolute atomic E-state index is 0.531. The smallest absolute Gasteiger partial charge is 0.182 e. The first-order valence-corrected chi connectivity index (χ1v) is 9.45. The highest BCUT2D eigenvalue weighted by molar-refractivity contribution is 5.69. The van der Waals surface area contributed by atoms with Crippen LogP contribution >= 0.6 is 0 Å². The largest absolute Gasteiger partial charge is 0.265 e. The lowest BCUT2D eigenvalue weighted by Gasteiger charge is -2.08. The van der Waals surface area contributed by atoms with E-state index >= 15 is 0 Å². The van der Waals surface area contributed by atoms with Gasteiger partial charge in [-0.2, -0.15) is 0 Å². The van der Waals surface area contributed by atoms with Gasteiger partial charge in [0.15, 0.2) is 17.5 Å². The highest BCUT2D eigenvalue weighted by atomic mass is 15.0. The van der Waals surface area contributed by atoms with Crippen LogP contribution in [-0.2, 0) is 0 Å². The lowest BCUT2D eigenvalue weighted by molar-refractivity contribution is 1.06. The van der Waals surface area contributed by atoms with Gasteiger partial charge in [0.25, 0.3) is 0 Å². The fourth-order valence-corrected chi connectivity index (χ4v) is 3.09. The summed E-state index contributed by atoms with van der Waals surface area (Å²) >= 11 is 0. The summed E-state index contributed by atoms with van der Waals surface area (Å²) in [5, 5.41) is 0. The van der Waals surface area contributed by atoms with Crippen molar-refractivity contribution < 1.29 is 0 Å². The fraction of sp³-hybridized carbons (Fsp3) is 0. The van der Waals surface area contributed by atoms with Crippen LogP contribution in [0.2, 0.25) is 0 Å². The first-order chi connectivity index (χ1) is 14.9. The van der Waals surface area contributed by atoms with Gasteiger partial charge in [-0.3, -0.25) is 15.0 Å². The normalized spacial score (nSPS) is 10.7. The highest BCUT2D eigenvalue weighted by Crippen LogP contribution is 2.26. The summed E-state index contributed by atoms with van der Waals surface area (Å²) in [5.41, 5.74) is 4.62. The van der Waals surface area contributed by atoms with E-state index in [1.807, 2.05) is 72.9 Å². The predicted octanol–water partition coefficient (Wildman–Crippen LogP) is 4.72. The fourth-order valence-electron chi connectivity index (χ4n) is 3.09. The van der Waals surface area contributed by atoms with Crippen molar-refractivity contribution in [3.63, 3.8) is 0 Å². The second-order valence-electron chi connectivity index (χ2n) is 6.58. The molecule has 0 saturated heterocycles. The molecule has 0 spiro atoms. The third-order valence-corrected chi connectivity index (χ3v) is 4.61. The van der Waals surface area contributed by atoms with Gasteiger partial charge in [-0.15, -0.1) is 0 Å². The number of aromatic nitrogens is 6. The van der Waals surface area contributed by atoms with Crippen molar-refractivity contribution >= 4 is 0 Å². The maximum atomic E-state index is 4.71. The number of hydrogen-bond donors (Lipinski definition) is 0. The Labute approximate surface area is 173 Å². The zero-order valence-electron chi connectivity index (χ0n) is 15.9. The second kappa shape index (κ2) is 7.97. The van der Waals surface area contributed by atoms with E-state index in [-0.39, 0.29) is 0 Å². The van der Waals surface area contributed by atoms with E-state index in [1.165, 1.54) is 0 Å². The van der Waals surface area contributed by atoms with Crippen molar-refractivity contribution in [1.29, 1.82) is 0 Å². The summed E-state index contributed by atoms with van der Waals surface area (Å²) in [6.45, 7) is 0. The Morgan fingerprint density at radius 1 is 0.433 bits per heavy atom. The molecular weight excluding hydrogens is 372 g/mol. The van der Waals surface area contributed by atoms with Crippen LogP contribution in [0.25, 0.3) is 45.4 Å². The molecule has 0 amide bonds. The molecule has 0 aliphatic heterocycles. The van der Waals surface area contributed by atoms with Gasteiger partial charge >= 0.3 is 0 Å². The molecule has 6 nitrogen and oxygen atoms in total. The van der Waals surface area contributed by atoms with Crippen LogP contribution in [0.5, 0.6) is 0 Å². The molecule has 5 aromatic rings. The Balaban J connectivity index is 1.60. The maximum Gasteiger partial charge on any atom is 0.182 e. The minimum Gasteiger partial charge on any atom is -0.265 e. The van der Waals surface area contributed by atoms with Crippen molar-refractivity contribution in [3.05, 3.63) is 97.7 Å². The molecule has 0 aliphatic carbocycles. The number of pyridine rings is 3. The van der Waals surface area contributed by atoms with Crippen LogP contribution in [0.3, 0.4) is 0 Å². The van der Waals surface area contributed by atoms with Gasteiger partial charge in [0.1, 0.15) is 5.69 Å². The van der Waals surface area contributed by atoms with Crippen molar-refractivity contribution in [2.45, 2.75) is 0 Å². The van der Waals surface area contributed by atoms with E-state index in [2.05, 4.69) is 24.9 Å². The third kappa shape index (κ3) is 3.66. The molecule has 0 unspecified atom stereocenters. The topological polar surface area (TPSA) is 77.3 Å². The molecule has 0 aliphatic rings. The summed E-state index contributed by atoms with van der Waals surface area (Å²) in [6, 6.07) is 21.5. The SMILES string of the molecule is c1ccc(-c2nc(-c3ccncc3)nc(-c3ccc(-c4cccnc4)cc3)n2)nc1. The molecule has 0 bridgehead atoms. The van der Waals surface area contributed by atoms with Crippen LogP contribution in [0.15, 0.2) is 97.7 Å². The van der Waals surface area contributed by atoms with Crippen molar-refractivity contribution in [2.24, 2.45) is 0 Å². The lowest BCUT2D eigenvalue weighted by atomic mass is 10.1. The van der Waals surface area contributed by atoms with Crippen LogP contribution in [-0.4, -0.2) is 29.9 Å². The molecule has 142 valence electrons. The van der Waals surface area contributed by atoms with E-state index in [0.717, 1.165) is 22.3 Å². The van der Waals surface area contributed by atoms with Gasteiger partial charge in [0.05, 0.1) is 0 Å². The summed E-state index contributed by atoms with van der Waals surface area (Å²) in [6.07, 6.45) is 8.79. The van der Waals surface area contributed by atoms with Crippen LogP contribution in [0.4, 0.5) is 0 Å². The molecule has 1 aromatic carbocycles. The zero-order chi connectivity index (χ0) is 20.2. The molecular formula is C24H16N6. The molecule has 0 atom stereocenters. The molecule has 30 heavy (non-hydrogen) atoms. The van der Waals surface area contributed by atoms with Gasteiger partial charge in [-0.05, 0) is 41.5 Å². The Kier molecular flexibility index (Phi) is 4.72. The van der Waals surface area contributed by atoms with Gasteiger partial charge in [0, 0.05) is 42.1 Å². The average Bonchev–Trinajstić information content (AvgIpc) is 2.85. The molecule has 0 radical (unpaired) electrons.